The van der Waals surface area contributed by atoms with Crippen molar-refractivity contribution >= 4 is 28.9 Å². The fourth-order valence-electron chi connectivity index (χ4n) is 3.43. The number of rotatable bonds is 4. The van der Waals surface area contributed by atoms with Gasteiger partial charge in [-0.2, -0.15) is 0 Å². The van der Waals surface area contributed by atoms with E-state index in [1.54, 1.807) is 7.11 Å². The van der Waals surface area contributed by atoms with Crippen LogP contribution in [-0.4, -0.2) is 24.1 Å². The molecule has 0 spiro atoms. The third-order valence-corrected chi connectivity index (χ3v) is 6.04. The largest absolute Gasteiger partial charge is 0.497 e. The number of fused-ring (bicyclic) bond motifs is 1. The van der Waals surface area contributed by atoms with Crippen molar-refractivity contribution in [2.45, 2.75) is 12.3 Å². The number of carbonyl (C=O) groups is 2. The number of aromatic carboxylic acids is 1. The number of carboxylic acids is 1. The minimum atomic E-state index is -1.08. The summed E-state index contributed by atoms with van der Waals surface area (Å²) in [6.45, 7) is 0. The number of methoxy groups -OCH3 is 1. The van der Waals surface area contributed by atoms with Crippen molar-refractivity contribution in [3.8, 4) is 16.9 Å². The van der Waals surface area contributed by atoms with Gasteiger partial charge in [0, 0.05) is 22.8 Å². The van der Waals surface area contributed by atoms with Gasteiger partial charge in [-0.05, 0) is 35.4 Å². The van der Waals surface area contributed by atoms with E-state index in [9.17, 15) is 19.1 Å². The van der Waals surface area contributed by atoms with Crippen LogP contribution in [0.15, 0.2) is 48.5 Å². The van der Waals surface area contributed by atoms with Crippen molar-refractivity contribution in [2.75, 3.05) is 12.4 Å². The SMILES string of the molecule is COc1ccc([C@H]2CC(=O)Nc3c2sc(C(=O)O)c3-c2ccc(F)cc2)cc1. The topological polar surface area (TPSA) is 75.6 Å². The molecule has 1 atom stereocenters. The molecular weight excluding hydrogens is 381 g/mol. The molecule has 1 aromatic heterocycles. The Bertz CT molecular complexity index is 1060. The average molecular weight is 397 g/mol. The maximum absolute atomic E-state index is 13.3. The van der Waals surface area contributed by atoms with Crippen LogP contribution in [-0.2, 0) is 4.79 Å². The molecule has 2 N–H and O–H groups in total. The Morgan fingerprint density at radius 2 is 1.86 bits per heavy atom. The van der Waals surface area contributed by atoms with Gasteiger partial charge in [-0.1, -0.05) is 24.3 Å². The van der Waals surface area contributed by atoms with Gasteiger partial charge in [0.1, 0.15) is 16.4 Å². The summed E-state index contributed by atoms with van der Waals surface area (Å²) < 4.78 is 18.5. The molecule has 3 aromatic rings. The molecule has 1 amide bonds. The molecule has 7 heteroatoms. The van der Waals surface area contributed by atoms with Crippen LogP contribution >= 0.6 is 11.3 Å². The Morgan fingerprint density at radius 1 is 1.18 bits per heavy atom. The van der Waals surface area contributed by atoms with Gasteiger partial charge in [0.25, 0.3) is 0 Å². The average Bonchev–Trinajstić information content (AvgIpc) is 3.07. The van der Waals surface area contributed by atoms with Gasteiger partial charge in [-0.25, -0.2) is 9.18 Å². The zero-order valence-corrected chi connectivity index (χ0v) is 15.7. The van der Waals surface area contributed by atoms with Crippen LogP contribution in [0.25, 0.3) is 11.1 Å². The predicted octanol–water partition coefficient (Wildman–Crippen LogP) is 4.74. The van der Waals surface area contributed by atoms with E-state index in [-0.39, 0.29) is 23.1 Å². The van der Waals surface area contributed by atoms with E-state index in [2.05, 4.69) is 5.32 Å². The summed E-state index contributed by atoms with van der Waals surface area (Å²) in [6.07, 6.45) is 0.224. The second kappa shape index (κ2) is 7.09. The fourth-order valence-corrected chi connectivity index (χ4v) is 4.68. The lowest BCUT2D eigenvalue weighted by molar-refractivity contribution is -0.116. The Labute approximate surface area is 164 Å². The van der Waals surface area contributed by atoms with Crippen LogP contribution in [0.5, 0.6) is 5.75 Å². The summed E-state index contributed by atoms with van der Waals surface area (Å²) in [6, 6.07) is 13.0. The molecule has 142 valence electrons. The number of hydrogen-bond donors (Lipinski definition) is 2. The number of benzene rings is 2. The summed E-state index contributed by atoms with van der Waals surface area (Å²) in [4.78, 5) is 25.2. The molecule has 0 saturated carbocycles. The Morgan fingerprint density at radius 3 is 2.46 bits per heavy atom. The van der Waals surface area contributed by atoms with Crippen LogP contribution in [0.2, 0.25) is 0 Å². The molecule has 4 rings (SSSR count). The second-order valence-corrected chi connectivity index (χ2v) is 7.49. The van der Waals surface area contributed by atoms with Gasteiger partial charge >= 0.3 is 5.97 Å². The quantitative estimate of drug-likeness (QED) is 0.667. The van der Waals surface area contributed by atoms with Crippen molar-refractivity contribution in [2.24, 2.45) is 0 Å². The van der Waals surface area contributed by atoms with Crippen LogP contribution in [0, 0.1) is 5.82 Å². The predicted molar refractivity (Wildman–Crippen MR) is 105 cm³/mol. The van der Waals surface area contributed by atoms with Crippen molar-refractivity contribution in [1.29, 1.82) is 0 Å². The number of nitrogens with one attached hydrogen (secondary N) is 1. The van der Waals surface area contributed by atoms with Gasteiger partial charge in [-0.15, -0.1) is 11.3 Å². The summed E-state index contributed by atoms with van der Waals surface area (Å²) in [5.41, 5.74) is 2.36. The number of halogens is 1. The van der Waals surface area contributed by atoms with Crippen LogP contribution in [0.1, 0.15) is 32.5 Å². The monoisotopic (exact) mass is 397 g/mol. The number of carboxylic acid groups (broad SMARTS) is 1. The summed E-state index contributed by atoms with van der Waals surface area (Å²) >= 11 is 1.14. The summed E-state index contributed by atoms with van der Waals surface area (Å²) in [7, 11) is 1.58. The Kier molecular flexibility index (Phi) is 4.60. The zero-order valence-electron chi connectivity index (χ0n) is 14.9. The Balaban J connectivity index is 1.89. The van der Waals surface area contributed by atoms with E-state index in [0.29, 0.717) is 22.6 Å². The number of amides is 1. The lowest BCUT2D eigenvalue weighted by atomic mass is 9.88. The Hall–Kier alpha value is -3.19. The number of hydrogen-bond acceptors (Lipinski definition) is 4. The molecule has 0 aliphatic carbocycles. The van der Waals surface area contributed by atoms with E-state index in [0.717, 1.165) is 21.8 Å². The standard InChI is InChI=1S/C21H16FNO4S/c1-27-14-8-4-11(5-9-14)15-10-16(24)23-18-17(12-2-6-13(22)7-3-12)20(21(25)26)28-19(15)18/h2-9,15H,10H2,1H3,(H,23,24)(H,25,26)/t15-/m1/s1. The number of thiophene rings is 1. The smallest absolute Gasteiger partial charge is 0.346 e. The minimum absolute atomic E-state index is 0.123. The minimum Gasteiger partial charge on any atom is -0.497 e. The molecular formula is C21H16FNO4S. The first kappa shape index (κ1) is 18.2. The first-order valence-electron chi connectivity index (χ1n) is 8.57. The van der Waals surface area contributed by atoms with Crippen LogP contribution < -0.4 is 10.1 Å². The lowest BCUT2D eigenvalue weighted by Gasteiger charge is -2.24. The van der Waals surface area contributed by atoms with Gasteiger partial charge in [0.2, 0.25) is 5.91 Å². The number of anilines is 1. The third kappa shape index (κ3) is 3.14. The molecule has 0 fully saturated rings. The van der Waals surface area contributed by atoms with E-state index in [4.69, 9.17) is 4.74 Å². The van der Waals surface area contributed by atoms with E-state index in [1.165, 1.54) is 24.3 Å². The maximum atomic E-state index is 13.3. The molecule has 0 unspecified atom stereocenters. The highest BCUT2D eigenvalue weighted by Gasteiger charge is 2.34. The van der Waals surface area contributed by atoms with Gasteiger partial charge in [0.05, 0.1) is 12.8 Å². The number of ether oxygens (including phenoxy) is 1. The fraction of sp³-hybridized carbons (Fsp3) is 0.143. The van der Waals surface area contributed by atoms with E-state index >= 15 is 0 Å². The van der Waals surface area contributed by atoms with Gasteiger partial charge in [-0.3, -0.25) is 4.79 Å². The lowest BCUT2D eigenvalue weighted by Crippen LogP contribution is -2.22. The number of carbonyl (C=O) groups excluding carboxylic acids is 1. The molecule has 0 bridgehead atoms. The molecule has 1 aliphatic heterocycles. The first-order chi connectivity index (χ1) is 13.5. The summed E-state index contributed by atoms with van der Waals surface area (Å²) in [5.74, 6) is -1.24. The van der Waals surface area contributed by atoms with Gasteiger partial charge < -0.3 is 15.2 Å². The molecule has 28 heavy (non-hydrogen) atoms. The van der Waals surface area contributed by atoms with Crippen molar-refractivity contribution < 1.29 is 23.8 Å². The van der Waals surface area contributed by atoms with E-state index in [1.807, 2.05) is 24.3 Å². The molecule has 2 aromatic carbocycles. The van der Waals surface area contributed by atoms with Crippen molar-refractivity contribution in [3.05, 3.63) is 69.7 Å². The zero-order chi connectivity index (χ0) is 19.8. The normalized spacial score (nSPS) is 15.6. The highest BCUT2D eigenvalue weighted by Crippen LogP contribution is 2.49. The molecule has 1 aliphatic rings. The second-order valence-electron chi connectivity index (χ2n) is 6.44. The molecule has 5 nitrogen and oxygen atoms in total. The van der Waals surface area contributed by atoms with Crippen molar-refractivity contribution in [3.63, 3.8) is 0 Å². The van der Waals surface area contributed by atoms with Crippen molar-refractivity contribution in [1.82, 2.24) is 0 Å². The molecule has 0 radical (unpaired) electrons. The highest BCUT2D eigenvalue weighted by molar-refractivity contribution is 7.15. The highest BCUT2D eigenvalue weighted by atomic mass is 32.1. The van der Waals surface area contributed by atoms with Crippen LogP contribution in [0.3, 0.4) is 0 Å². The summed E-state index contributed by atoms with van der Waals surface area (Å²) in [5, 5.41) is 12.6. The maximum Gasteiger partial charge on any atom is 0.346 e. The van der Waals surface area contributed by atoms with Crippen LogP contribution in [0.4, 0.5) is 10.1 Å². The third-order valence-electron chi connectivity index (χ3n) is 4.75. The van der Waals surface area contributed by atoms with E-state index < -0.39 is 11.8 Å². The molecule has 0 saturated heterocycles. The van der Waals surface area contributed by atoms with Gasteiger partial charge in [0.15, 0.2) is 0 Å². The first-order valence-corrected chi connectivity index (χ1v) is 9.39. The molecule has 2 heterocycles.